The molecule has 0 amide bonds. The molecule has 4 heteroatoms. The van der Waals surface area contributed by atoms with Crippen molar-refractivity contribution in [3.8, 4) is 5.69 Å². The van der Waals surface area contributed by atoms with Gasteiger partial charge in [0, 0.05) is 24.3 Å². The summed E-state index contributed by atoms with van der Waals surface area (Å²) in [6, 6.07) is 8.44. The molecule has 1 saturated carbocycles. The van der Waals surface area contributed by atoms with Crippen LogP contribution in [0.25, 0.3) is 5.69 Å². The molecular formula is C17H21N3O. The van der Waals surface area contributed by atoms with E-state index in [1.54, 1.807) is 6.07 Å². The minimum Gasteiger partial charge on any atom is -0.308 e. The number of benzene rings is 1. The Morgan fingerprint density at radius 3 is 2.52 bits per heavy atom. The van der Waals surface area contributed by atoms with Crippen LogP contribution < -0.4 is 10.7 Å². The van der Waals surface area contributed by atoms with Gasteiger partial charge >= 0.3 is 0 Å². The predicted octanol–water partition coefficient (Wildman–Crippen LogP) is 2.41. The van der Waals surface area contributed by atoms with Gasteiger partial charge in [0.25, 0.3) is 0 Å². The fraction of sp³-hybridized carbons (Fsp3) is 0.412. The Bertz CT molecular complexity index is 709. The van der Waals surface area contributed by atoms with Gasteiger partial charge in [-0.1, -0.05) is 18.2 Å². The summed E-state index contributed by atoms with van der Waals surface area (Å²) < 4.78 is 1.90. The Morgan fingerprint density at radius 1 is 1.24 bits per heavy atom. The van der Waals surface area contributed by atoms with Gasteiger partial charge in [0.05, 0.1) is 5.69 Å². The molecule has 3 rings (SSSR count). The minimum atomic E-state index is 0.0168. The largest absolute Gasteiger partial charge is 0.308 e. The lowest BCUT2D eigenvalue weighted by molar-refractivity contribution is 0.640. The number of aryl methyl sites for hydroxylation is 3. The van der Waals surface area contributed by atoms with Crippen molar-refractivity contribution in [3.63, 3.8) is 0 Å². The summed E-state index contributed by atoms with van der Waals surface area (Å²) in [5, 5.41) is 7.97. The Labute approximate surface area is 124 Å². The van der Waals surface area contributed by atoms with Crippen LogP contribution in [0.15, 0.2) is 29.1 Å². The van der Waals surface area contributed by atoms with Crippen molar-refractivity contribution < 1.29 is 0 Å². The monoisotopic (exact) mass is 283 g/mol. The van der Waals surface area contributed by atoms with Crippen molar-refractivity contribution in [2.75, 3.05) is 0 Å². The Kier molecular flexibility index (Phi) is 3.64. The van der Waals surface area contributed by atoms with Crippen LogP contribution in [0.4, 0.5) is 0 Å². The number of nitrogens with zero attached hydrogens (tertiary/aromatic N) is 2. The summed E-state index contributed by atoms with van der Waals surface area (Å²) in [6.45, 7) is 6.63. The molecule has 0 aliphatic heterocycles. The Hall–Kier alpha value is -1.94. The third-order valence-corrected chi connectivity index (χ3v) is 3.97. The van der Waals surface area contributed by atoms with E-state index in [0.717, 1.165) is 22.5 Å². The smallest absolute Gasteiger partial charge is 0.204 e. The molecule has 0 atom stereocenters. The molecule has 0 bridgehead atoms. The van der Waals surface area contributed by atoms with Crippen LogP contribution in [0.5, 0.6) is 0 Å². The van der Waals surface area contributed by atoms with Crippen LogP contribution in [-0.4, -0.2) is 15.8 Å². The maximum atomic E-state index is 12.1. The first-order valence-corrected chi connectivity index (χ1v) is 7.46. The zero-order valence-electron chi connectivity index (χ0n) is 12.8. The van der Waals surface area contributed by atoms with Crippen LogP contribution in [0.1, 0.15) is 35.4 Å². The van der Waals surface area contributed by atoms with Crippen LogP contribution in [0, 0.1) is 20.8 Å². The molecule has 1 fully saturated rings. The quantitative estimate of drug-likeness (QED) is 0.937. The van der Waals surface area contributed by atoms with Gasteiger partial charge in [-0.15, -0.1) is 0 Å². The molecule has 4 nitrogen and oxygen atoms in total. The second-order valence-electron chi connectivity index (χ2n) is 5.90. The predicted molar refractivity (Wildman–Crippen MR) is 83.9 cm³/mol. The second kappa shape index (κ2) is 5.45. The molecule has 1 N–H and O–H groups in total. The van der Waals surface area contributed by atoms with Gasteiger partial charge in [0.2, 0.25) is 5.43 Å². The molecule has 0 saturated heterocycles. The highest BCUT2D eigenvalue weighted by molar-refractivity contribution is 5.47. The van der Waals surface area contributed by atoms with E-state index in [1.807, 2.05) is 17.7 Å². The van der Waals surface area contributed by atoms with Gasteiger partial charge < -0.3 is 5.32 Å². The summed E-state index contributed by atoms with van der Waals surface area (Å²) in [5.74, 6) is 0. The minimum absolute atomic E-state index is 0.0168. The van der Waals surface area contributed by atoms with Crippen molar-refractivity contribution in [2.45, 2.75) is 46.2 Å². The van der Waals surface area contributed by atoms with E-state index in [0.29, 0.717) is 18.3 Å². The molecule has 1 aromatic heterocycles. The lowest BCUT2D eigenvalue weighted by Crippen LogP contribution is -2.26. The Morgan fingerprint density at radius 2 is 1.90 bits per heavy atom. The van der Waals surface area contributed by atoms with E-state index in [9.17, 15) is 4.79 Å². The van der Waals surface area contributed by atoms with E-state index in [2.05, 4.69) is 36.4 Å². The van der Waals surface area contributed by atoms with Crippen LogP contribution in [0.3, 0.4) is 0 Å². The van der Waals surface area contributed by atoms with Gasteiger partial charge in [-0.25, -0.2) is 4.68 Å². The normalized spacial score (nSPS) is 14.4. The third kappa shape index (κ3) is 2.90. The number of nitrogens with one attached hydrogen (secondary N) is 1. The summed E-state index contributed by atoms with van der Waals surface area (Å²) in [7, 11) is 0. The van der Waals surface area contributed by atoms with Crippen LogP contribution in [-0.2, 0) is 6.54 Å². The molecule has 1 heterocycles. The summed E-state index contributed by atoms with van der Waals surface area (Å²) >= 11 is 0. The molecule has 0 spiro atoms. The topological polar surface area (TPSA) is 46.9 Å². The van der Waals surface area contributed by atoms with E-state index in [4.69, 9.17) is 0 Å². The summed E-state index contributed by atoms with van der Waals surface area (Å²) in [5.41, 5.74) is 4.87. The van der Waals surface area contributed by atoms with E-state index < -0.39 is 0 Å². The van der Waals surface area contributed by atoms with Crippen molar-refractivity contribution in [1.29, 1.82) is 0 Å². The average Bonchev–Trinajstić information content (AvgIpc) is 3.23. The summed E-state index contributed by atoms with van der Waals surface area (Å²) in [4.78, 5) is 12.1. The Balaban J connectivity index is 2.04. The van der Waals surface area contributed by atoms with Crippen LogP contribution >= 0.6 is 0 Å². The molecule has 0 unspecified atom stereocenters. The zero-order chi connectivity index (χ0) is 15.0. The molecule has 1 aliphatic carbocycles. The molecule has 2 aromatic rings. The standard InChI is InChI=1S/C17H21N3O/c1-11-5-4-6-12(2)17(11)20-13(3)9-16(21)15(19-20)10-18-14-7-8-14/h4-6,9,14,18H,7-8,10H2,1-3H3. The first-order chi connectivity index (χ1) is 10.1. The fourth-order valence-electron chi connectivity index (χ4n) is 2.60. The lowest BCUT2D eigenvalue weighted by atomic mass is 10.1. The number of aromatic nitrogens is 2. The summed E-state index contributed by atoms with van der Waals surface area (Å²) in [6.07, 6.45) is 2.41. The first-order valence-electron chi connectivity index (χ1n) is 7.46. The number of hydrogen-bond donors (Lipinski definition) is 1. The van der Waals surface area contributed by atoms with Crippen molar-refractivity contribution in [1.82, 2.24) is 15.1 Å². The third-order valence-electron chi connectivity index (χ3n) is 3.97. The molecule has 1 aromatic carbocycles. The van der Waals surface area contributed by atoms with Crippen LogP contribution in [0.2, 0.25) is 0 Å². The van der Waals surface area contributed by atoms with Gasteiger partial charge in [-0.05, 0) is 44.7 Å². The molecule has 110 valence electrons. The number of rotatable bonds is 4. The number of para-hydroxylation sites is 1. The van der Waals surface area contributed by atoms with Crippen molar-refractivity contribution >= 4 is 0 Å². The fourth-order valence-corrected chi connectivity index (χ4v) is 2.60. The van der Waals surface area contributed by atoms with Gasteiger partial charge in [0.15, 0.2) is 0 Å². The molecule has 21 heavy (non-hydrogen) atoms. The highest BCUT2D eigenvalue weighted by Gasteiger charge is 2.21. The zero-order valence-corrected chi connectivity index (χ0v) is 12.8. The second-order valence-corrected chi connectivity index (χ2v) is 5.90. The maximum Gasteiger partial charge on any atom is 0.204 e. The number of hydrogen-bond acceptors (Lipinski definition) is 3. The average molecular weight is 283 g/mol. The van der Waals surface area contributed by atoms with Gasteiger partial charge in [-0.3, -0.25) is 4.79 Å². The van der Waals surface area contributed by atoms with Gasteiger partial charge in [0.1, 0.15) is 5.69 Å². The highest BCUT2D eigenvalue weighted by Crippen LogP contribution is 2.20. The van der Waals surface area contributed by atoms with E-state index in [1.165, 1.54) is 12.8 Å². The molecule has 0 radical (unpaired) electrons. The van der Waals surface area contributed by atoms with Crippen molar-refractivity contribution in [3.05, 3.63) is 57.0 Å². The van der Waals surface area contributed by atoms with Gasteiger partial charge in [-0.2, -0.15) is 5.10 Å². The van der Waals surface area contributed by atoms with E-state index in [-0.39, 0.29) is 5.43 Å². The SMILES string of the molecule is Cc1cccc(C)c1-n1nc(CNC2CC2)c(=O)cc1C. The maximum absolute atomic E-state index is 12.1. The molecule has 1 aliphatic rings. The lowest BCUT2D eigenvalue weighted by Gasteiger charge is -2.16. The first kappa shape index (κ1) is 14.0. The highest BCUT2D eigenvalue weighted by atomic mass is 16.1. The van der Waals surface area contributed by atoms with E-state index >= 15 is 0 Å². The molecular weight excluding hydrogens is 262 g/mol. The van der Waals surface area contributed by atoms with Crippen molar-refractivity contribution in [2.24, 2.45) is 0 Å².